The van der Waals surface area contributed by atoms with Gasteiger partial charge in [-0.3, -0.25) is 4.79 Å². The summed E-state index contributed by atoms with van der Waals surface area (Å²) < 4.78 is 5.17. The van der Waals surface area contributed by atoms with Gasteiger partial charge in [-0.2, -0.15) is 0 Å². The van der Waals surface area contributed by atoms with E-state index in [2.05, 4.69) is 5.32 Å². The first-order chi connectivity index (χ1) is 6.20. The molecule has 0 radical (unpaired) electrons. The molecule has 0 bridgehead atoms. The minimum Gasteiger partial charge on any atom is -0.468 e. The number of primary amides is 1. The molecule has 72 valence electrons. The van der Waals surface area contributed by atoms with Crippen molar-refractivity contribution >= 4 is 5.91 Å². The van der Waals surface area contributed by atoms with Crippen molar-refractivity contribution in [1.29, 1.82) is 0 Å². The molecular weight excluding hydrogens is 168 g/mol. The van der Waals surface area contributed by atoms with Crippen molar-refractivity contribution in [2.45, 2.75) is 19.4 Å². The lowest BCUT2D eigenvalue weighted by Gasteiger charge is -2.09. The first kappa shape index (κ1) is 9.80. The second-order valence-electron chi connectivity index (χ2n) is 2.91. The van der Waals surface area contributed by atoms with Gasteiger partial charge in [0.25, 0.3) is 0 Å². The molecule has 1 aromatic rings. The van der Waals surface area contributed by atoms with Crippen molar-refractivity contribution in [2.75, 3.05) is 6.54 Å². The molecule has 1 atom stereocenters. The third kappa shape index (κ3) is 3.29. The monoisotopic (exact) mass is 182 g/mol. The maximum absolute atomic E-state index is 10.4. The first-order valence-corrected chi connectivity index (χ1v) is 4.25. The van der Waals surface area contributed by atoms with E-state index in [9.17, 15) is 4.79 Å². The molecule has 0 aliphatic carbocycles. The van der Waals surface area contributed by atoms with Crippen LogP contribution in [0.15, 0.2) is 22.8 Å². The summed E-state index contributed by atoms with van der Waals surface area (Å²) in [4.78, 5) is 10.4. The van der Waals surface area contributed by atoms with E-state index in [1.54, 1.807) is 6.26 Å². The Morgan fingerprint density at radius 1 is 1.77 bits per heavy atom. The average Bonchev–Trinajstić information content (AvgIpc) is 2.55. The van der Waals surface area contributed by atoms with Crippen LogP contribution in [0.4, 0.5) is 0 Å². The molecule has 1 amide bonds. The van der Waals surface area contributed by atoms with E-state index in [1.165, 1.54) is 0 Å². The first-order valence-electron chi connectivity index (χ1n) is 4.25. The van der Waals surface area contributed by atoms with Crippen LogP contribution in [0.3, 0.4) is 0 Å². The zero-order chi connectivity index (χ0) is 9.68. The number of nitrogens with one attached hydrogen (secondary N) is 1. The van der Waals surface area contributed by atoms with Crippen molar-refractivity contribution in [3.05, 3.63) is 24.2 Å². The molecule has 4 heteroatoms. The molecule has 4 nitrogen and oxygen atoms in total. The van der Waals surface area contributed by atoms with Crippen molar-refractivity contribution in [2.24, 2.45) is 5.73 Å². The summed E-state index contributed by atoms with van der Waals surface area (Å²) in [5, 5.41) is 3.12. The number of furan rings is 1. The quantitative estimate of drug-likeness (QED) is 0.707. The lowest BCUT2D eigenvalue weighted by molar-refractivity contribution is -0.117. The van der Waals surface area contributed by atoms with Crippen LogP contribution in [0.2, 0.25) is 0 Å². The van der Waals surface area contributed by atoms with Crippen LogP contribution < -0.4 is 11.1 Å². The Morgan fingerprint density at radius 3 is 3.08 bits per heavy atom. The summed E-state index contributed by atoms with van der Waals surface area (Å²) in [5.41, 5.74) is 4.99. The molecule has 1 aromatic heterocycles. The SMILES string of the molecule is CC(NCCC(N)=O)c1ccco1. The number of rotatable bonds is 5. The van der Waals surface area contributed by atoms with Crippen LogP contribution in [0.1, 0.15) is 25.1 Å². The zero-order valence-corrected chi connectivity index (χ0v) is 7.62. The fourth-order valence-corrected chi connectivity index (χ4v) is 1.05. The van der Waals surface area contributed by atoms with E-state index in [0.29, 0.717) is 13.0 Å². The second-order valence-corrected chi connectivity index (χ2v) is 2.91. The van der Waals surface area contributed by atoms with Gasteiger partial charge in [0.15, 0.2) is 0 Å². The summed E-state index contributed by atoms with van der Waals surface area (Å²) in [6, 6.07) is 3.85. The number of carbonyl (C=O) groups is 1. The second kappa shape index (κ2) is 4.67. The molecule has 0 spiro atoms. The normalized spacial score (nSPS) is 12.7. The molecule has 0 saturated carbocycles. The Balaban J connectivity index is 2.26. The van der Waals surface area contributed by atoms with E-state index in [0.717, 1.165) is 5.76 Å². The highest BCUT2D eigenvalue weighted by molar-refractivity contribution is 5.73. The number of carbonyl (C=O) groups excluding carboxylic acids is 1. The van der Waals surface area contributed by atoms with E-state index in [-0.39, 0.29) is 11.9 Å². The van der Waals surface area contributed by atoms with E-state index in [4.69, 9.17) is 10.2 Å². The summed E-state index contributed by atoms with van der Waals surface area (Å²) in [6.07, 6.45) is 1.98. The smallest absolute Gasteiger partial charge is 0.218 e. The minimum absolute atomic E-state index is 0.120. The van der Waals surface area contributed by atoms with Crippen LogP contribution in [-0.2, 0) is 4.79 Å². The summed E-state index contributed by atoms with van der Waals surface area (Å²) in [7, 11) is 0. The van der Waals surface area contributed by atoms with Gasteiger partial charge in [0.05, 0.1) is 12.3 Å². The third-order valence-corrected chi connectivity index (χ3v) is 1.79. The van der Waals surface area contributed by atoms with Crippen LogP contribution >= 0.6 is 0 Å². The molecule has 0 fully saturated rings. The Hall–Kier alpha value is -1.29. The summed E-state index contributed by atoms with van der Waals surface area (Å²) in [5.74, 6) is 0.573. The van der Waals surface area contributed by atoms with Crippen molar-refractivity contribution in [1.82, 2.24) is 5.32 Å². The molecule has 1 heterocycles. The predicted octanol–water partition coefficient (Wildman–Crippen LogP) is 0.806. The number of hydrogen-bond donors (Lipinski definition) is 2. The molecule has 0 aliphatic rings. The number of amides is 1. The minimum atomic E-state index is -0.292. The van der Waals surface area contributed by atoms with Gasteiger partial charge in [0.1, 0.15) is 5.76 Å². The van der Waals surface area contributed by atoms with Gasteiger partial charge in [-0.1, -0.05) is 0 Å². The molecule has 0 aromatic carbocycles. The van der Waals surface area contributed by atoms with Crippen LogP contribution in [0.5, 0.6) is 0 Å². The Bertz CT molecular complexity index is 257. The molecule has 0 aliphatic heterocycles. The van der Waals surface area contributed by atoms with Crippen LogP contribution in [0, 0.1) is 0 Å². The third-order valence-electron chi connectivity index (χ3n) is 1.79. The summed E-state index contributed by atoms with van der Waals surface area (Å²) in [6.45, 7) is 2.55. The van der Waals surface area contributed by atoms with Gasteiger partial charge in [0, 0.05) is 13.0 Å². The highest BCUT2D eigenvalue weighted by Gasteiger charge is 2.06. The standard InChI is InChI=1S/C9H14N2O2/c1-7(8-3-2-6-13-8)11-5-4-9(10)12/h2-3,6-7,11H,4-5H2,1H3,(H2,10,12). The highest BCUT2D eigenvalue weighted by Crippen LogP contribution is 2.11. The molecule has 1 rings (SSSR count). The Labute approximate surface area is 77.1 Å². The molecule has 0 saturated heterocycles. The van der Waals surface area contributed by atoms with E-state index in [1.807, 2.05) is 19.1 Å². The lowest BCUT2D eigenvalue weighted by atomic mass is 10.2. The highest BCUT2D eigenvalue weighted by atomic mass is 16.3. The van der Waals surface area contributed by atoms with Crippen molar-refractivity contribution in [3.8, 4) is 0 Å². The topological polar surface area (TPSA) is 68.3 Å². The fraction of sp³-hybridized carbons (Fsp3) is 0.444. The molecule has 1 unspecified atom stereocenters. The van der Waals surface area contributed by atoms with Crippen molar-refractivity contribution < 1.29 is 9.21 Å². The average molecular weight is 182 g/mol. The predicted molar refractivity (Wildman–Crippen MR) is 48.9 cm³/mol. The Morgan fingerprint density at radius 2 is 2.54 bits per heavy atom. The van der Waals surface area contributed by atoms with Gasteiger partial charge in [-0.05, 0) is 19.1 Å². The van der Waals surface area contributed by atoms with Gasteiger partial charge in [0.2, 0.25) is 5.91 Å². The maximum atomic E-state index is 10.4. The van der Waals surface area contributed by atoms with Gasteiger partial charge >= 0.3 is 0 Å². The number of hydrogen-bond acceptors (Lipinski definition) is 3. The van der Waals surface area contributed by atoms with E-state index >= 15 is 0 Å². The molecule has 13 heavy (non-hydrogen) atoms. The van der Waals surface area contributed by atoms with Crippen LogP contribution in [-0.4, -0.2) is 12.5 Å². The summed E-state index contributed by atoms with van der Waals surface area (Å²) >= 11 is 0. The molecule has 3 N–H and O–H groups in total. The molecular formula is C9H14N2O2. The van der Waals surface area contributed by atoms with Crippen molar-refractivity contribution in [3.63, 3.8) is 0 Å². The lowest BCUT2D eigenvalue weighted by Crippen LogP contribution is -2.24. The largest absolute Gasteiger partial charge is 0.468 e. The fourth-order valence-electron chi connectivity index (χ4n) is 1.05. The number of nitrogens with two attached hydrogens (primary N) is 1. The van der Waals surface area contributed by atoms with E-state index < -0.39 is 0 Å². The Kier molecular flexibility index (Phi) is 3.52. The zero-order valence-electron chi connectivity index (χ0n) is 7.62. The van der Waals surface area contributed by atoms with Gasteiger partial charge < -0.3 is 15.5 Å². The van der Waals surface area contributed by atoms with Gasteiger partial charge in [-0.15, -0.1) is 0 Å². The van der Waals surface area contributed by atoms with Gasteiger partial charge in [-0.25, -0.2) is 0 Å². The maximum Gasteiger partial charge on any atom is 0.218 e. The van der Waals surface area contributed by atoms with Crippen LogP contribution in [0.25, 0.3) is 0 Å².